The van der Waals surface area contributed by atoms with Crippen LogP contribution in [0.3, 0.4) is 0 Å². The Morgan fingerprint density at radius 3 is 1.00 bits per heavy atom. The van der Waals surface area contributed by atoms with E-state index in [0.29, 0.717) is 39.3 Å². The maximum atomic E-state index is 14.3. The van der Waals surface area contributed by atoms with Crippen molar-refractivity contribution in [2.24, 2.45) is 0 Å². The first-order chi connectivity index (χ1) is 43.3. The highest BCUT2D eigenvalue weighted by atomic mass is 79.9. The third-order valence-corrected chi connectivity index (χ3v) is 13.6. The van der Waals surface area contributed by atoms with Gasteiger partial charge in [-0.1, -0.05) is 61.5 Å². The number of methoxy groups -OCH3 is 4. The van der Waals surface area contributed by atoms with Crippen molar-refractivity contribution in [1.82, 2.24) is 39.5 Å². The second-order valence-corrected chi connectivity index (χ2v) is 25.7. The summed E-state index contributed by atoms with van der Waals surface area (Å²) in [5.74, 6) is -8.04. The highest BCUT2D eigenvalue weighted by Crippen LogP contribution is 2.32. The summed E-state index contributed by atoms with van der Waals surface area (Å²) in [5.41, 5.74) is 4.69. The number of aryl methyl sites for hydroxylation is 1. The summed E-state index contributed by atoms with van der Waals surface area (Å²) in [6, 6.07) is 11.6. The molecule has 0 spiro atoms. The topological polar surface area (TPSA) is 243 Å². The summed E-state index contributed by atoms with van der Waals surface area (Å²) in [5, 5.41) is 14.9. The number of nitrogens with one attached hydrogen (secondary N) is 4. The summed E-state index contributed by atoms with van der Waals surface area (Å²) in [4.78, 5) is 36.0. The summed E-state index contributed by atoms with van der Waals surface area (Å²) < 4.78 is 167. The molecule has 4 heterocycles. The van der Waals surface area contributed by atoms with Crippen LogP contribution in [0.25, 0.3) is 0 Å². The van der Waals surface area contributed by atoms with Crippen LogP contribution in [0.5, 0.6) is 28.9 Å². The van der Waals surface area contributed by atoms with Gasteiger partial charge in [-0.3, -0.25) is 48.3 Å². The Hall–Kier alpha value is -8.05. The molecule has 19 nitrogen and oxygen atoms in total. The fraction of sp³-hybridized carbons (Fsp3) is 0.446. The number of H-pyrrole nitrogens is 4. The molecule has 0 aliphatic heterocycles. The van der Waals surface area contributed by atoms with E-state index in [0.717, 1.165) is 22.6 Å². The highest BCUT2D eigenvalue weighted by molar-refractivity contribution is 9.09. The lowest BCUT2D eigenvalue weighted by Crippen LogP contribution is -2.10. The van der Waals surface area contributed by atoms with E-state index in [2.05, 4.69) is 60.0 Å². The largest absolute Gasteiger partial charge is 0.494 e. The van der Waals surface area contributed by atoms with Crippen LogP contribution >= 0.6 is 15.9 Å². The predicted octanol–water partition coefficient (Wildman–Crippen LogP) is 14.1. The Balaban J connectivity index is 0.000000408. The molecule has 0 bridgehead atoms. The average Bonchev–Trinajstić information content (AvgIpc) is 1.60. The summed E-state index contributed by atoms with van der Waals surface area (Å²) in [7, 11) is 1.45. The molecule has 4 aromatic carbocycles. The Morgan fingerprint density at radius 2 is 0.766 bits per heavy atom. The lowest BCUT2D eigenvalue weighted by atomic mass is 10.0. The van der Waals surface area contributed by atoms with Crippen molar-refractivity contribution in [3.05, 3.63) is 193 Å². The van der Waals surface area contributed by atoms with Crippen molar-refractivity contribution in [2.75, 3.05) is 34.7 Å². The van der Waals surface area contributed by atoms with E-state index in [1.807, 2.05) is 67.0 Å². The number of halogens is 9. The van der Waals surface area contributed by atoms with Crippen molar-refractivity contribution < 1.29 is 71.8 Å². The van der Waals surface area contributed by atoms with Crippen molar-refractivity contribution in [3.63, 3.8) is 0 Å². The van der Waals surface area contributed by atoms with E-state index >= 15 is 0 Å². The van der Waals surface area contributed by atoms with Gasteiger partial charge >= 0.3 is 0 Å². The van der Waals surface area contributed by atoms with Crippen molar-refractivity contribution >= 4 is 26.0 Å². The van der Waals surface area contributed by atoms with Gasteiger partial charge in [-0.15, -0.1) is 5.10 Å². The first kappa shape index (κ1) is 82.0. The van der Waals surface area contributed by atoms with Crippen LogP contribution in [0, 0.1) is 74.2 Å². The van der Waals surface area contributed by atoms with Gasteiger partial charge < -0.3 is 28.8 Å². The van der Waals surface area contributed by atoms with Gasteiger partial charge in [0, 0.05) is 93.7 Å². The van der Waals surface area contributed by atoms with E-state index in [9.17, 15) is 57.9 Å². The van der Waals surface area contributed by atoms with Crippen LogP contribution in [0.15, 0.2) is 62.9 Å². The molecule has 94 heavy (non-hydrogen) atoms. The quantitative estimate of drug-likeness (QED) is 0.0325. The fourth-order valence-electron chi connectivity index (χ4n) is 9.05. The van der Waals surface area contributed by atoms with Gasteiger partial charge in [0.25, 0.3) is 26.8 Å². The molecule has 0 saturated heterocycles. The number of benzene rings is 4. The normalized spacial score (nSPS) is 11.0. The van der Waals surface area contributed by atoms with Gasteiger partial charge in [-0.2, -0.15) is 26.0 Å². The molecule has 8 rings (SSSR count). The van der Waals surface area contributed by atoms with Crippen molar-refractivity contribution in [2.45, 2.75) is 159 Å². The first-order valence-corrected chi connectivity index (χ1v) is 31.7. The van der Waals surface area contributed by atoms with Gasteiger partial charge in [0.15, 0.2) is 46.3 Å². The van der Waals surface area contributed by atoms with Crippen molar-refractivity contribution in [3.8, 4) is 28.9 Å². The zero-order valence-corrected chi connectivity index (χ0v) is 57.9. The standard InChI is InChI=1S/C18H24F2N2O2.2C15H18F2N2O2.C12H12F2N2O2.C3H7Br.CH4O3S.CH4/c1-10(2)22-12(5)14(18(21-22)24-11(3)4)9-13-7-8-15(23-6)17(20)16(13)19;2*1-8(2)19-9(3)11(15(20)18-19)7-10-5-6-12(21-4)14(17)13(10)16;1-6-8(12(17)16-15-6)5-7-3-4-9(18-2)11(14)10(7)13;1-3(2)4;1-5(2,3)4;/h7-8,10-11H,9H2,1-6H3;2*5-6,8H,7H2,1-4H3,(H,18,20);3-4H,5H2,1-2H3,(H2,15,16,17);3H,1-2H3;1H3,(H,2,3,4);1H4. The fourth-order valence-corrected chi connectivity index (χ4v) is 9.05. The molecule has 0 unspecified atom stereocenters. The Labute approximate surface area is 551 Å². The van der Waals surface area contributed by atoms with Crippen LogP contribution in [0.2, 0.25) is 0 Å². The molecule has 0 fully saturated rings. The second-order valence-electron chi connectivity index (χ2n) is 22.4. The molecular weight excluding hydrogens is 1330 g/mol. The molecule has 4 aromatic heterocycles. The molecule has 0 aliphatic rings. The van der Waals surface area contributed by atoms with Gasteiger partial charge in [-0.25, -0.2) is 17.6 Å². The monoisotopic (exact) mass is 1420 g/mol. The third-order valence-electron chi connectivity index (χ3n) is 13.6. The SMILES string of the molecule is C.CC(C)Br.COc1ccc(Cc2c(C)[nH][nH]c2=O)c(F)c1F.COc1ccc(Cc2c(C)n(C(C)C)[nH]c2=O)c(F)c1F.COc1ccc(Cc2c(C)n(C(C)C)[nH]c2=O)c(F)c1F.COc1ccc(Cc2c(OC(C)C)nn(C(C)C)c2C)c(F)c1F.CS(=O)(=O)O. The molecule has 0 amide bonds. The average molecular weight is 1420 g/mol. The Bertz CT molecular complexity index is 3960. The van der Waals surface area contributed by atoms with E-state index in [1.54, 1.807) is 30.1 Å². The van der Waals surface area contributed by atoms with Crippen LogP contribution in [-0.4, -0.2) is 98.1 Å². The van der Waals surface area contributed by atoms with Crippen LogP contribution in [-0.2, 0) is 35.8 Å². The van der Waals surface area contributed by atoms with E-state index < -0.39 is 56.7 Å². The minimum absolute atomic E-state index is 0. The Kier molecular flexibility index (Phi) is 31.9. The molecule has 8 aromatic rings. The number of hydrogen-bond donors (Lipinski definition) is 5. The molecule has 0 aliphatic carbocycles. The third kappa shape index (κ3) is 22.3. The summed E-state index contributed by atoms with van der Waals surface area (Å²) >= 11 is 3.27. The summed E-state index contributed by atoms with van der Waals surface area (Å²) in [6.07, 6.45) is 0.954. The van der Waals surface area contributed by atoms with Crippen LogP contribution in [0.4, 0.5) is 35.1 Å². The predicted molar refractivity (Wildman–Crippen MR) is 351 cm³/mol. The first-order valence-electron chi connectivity index (χ1n) is 29.0. The molecule has 0 radical (unpaired) electrons. The van der Waals surface area contributed by atoms with E-state index in [-0.39, 0.29) is 119 Å². The smallest absolute Gasteiger partial charge is 0.267 e. The van der Waals surface area contributed by atoms with Gasteiger partial charge in [-0.05, 0) is 130 Å². The zero-order chi connectivity index (χ0) is 70.8. The molecule has 522 valence electrons. The highest BCUT2D eigenvalue weighted by Gasteiger charge is 2.25. The second kappa shape index (κ2) is 36.6. The summed E-state index contributed by atoms with van der Waals surface area (Å²) in [6.45, 7) is 26.9. The minimum Gasteiger partial charge on any atom is -0.494 e. The number of aromatic nitrogens is 8. The number of rotatable bonds is 17. The number of nitrogens with zero attached hydrogens (tertiary/aromatic N) is 4. The lowest BCUT2D eigenvalue weighted by Gasteiger charge is -2.11. The molecule has 0 saturated carbocycles. The Morgan fingerprint density at radius 1 is 0.479 bits per heavy atom. The number of aromatic amines is 4. The zero-order valence-electron chi connectivity index (χ0n) is 55.5. The molecular formula is C65H87BrF8N8O11S. The number of ether oxygens (including phenoxy) is 5. The maximum Gasteiger partial charge on any atom is 0.267 e. The van der Waals surface area contributed by atoms with Crippen LogP contribution < -0.4 is 40.4 Å². The number of hydrogen-bond acceptors (Lipinski definition) is 11. The minimum atomic E-state index is -3.67. The maximum absolute atomic E-state index is 14.3. The van der Waals surface area contributed by atoms with Gasteiger partial charge in [0.05, 0.1) is 40.8 Å². The van der Waals surface area contributed by atoms with E-state index in [1.165, 1.54) is 77.0 Å². The van der Waals surface area contributed by atoms with Gasteiger partial charge in [0.1, 0.15) is 0 Å². The van der Waals surface area contributed by atoms with Crippen LogP contribution in [0.1, 0.15) is 162 Å². The van der Waals surface area contributed by atoms with Crippen molar-refractivity contribution in [1.29, 1.82) is 0 Å². The molecule has 0 atom stereocenters. The lowest BCUT2D eigenvalue weighted by molar-refractivity contribution is 0.227. The molecule has 5 N–H and O–H groups in total. The molecule has 29 heteroatoms. The van der Waals surface area contributed by atoms with Gasteiger partial charge in [0.2, 0.25) is 29.1 Å². The van der Waals surface area contributed by atoms with E-state index in [4.69, 9.17) is 23.5 Å². The number of alkyl halides is 1.